The maximum absolute atomic E-state index is 13.0. The standard InChI is InChI=1S/C29H32N8O8.C3H6O3.C2H6/c38-16-33-20-2-1-9-36(12-20)11-17-7-8-30-21(10-17)27(40)34-19-5-3-18(4-6-19)23-24(39)22-25(35-23)31-15-32-26(22)37-13-28(41,42)45-29(43,44)14-37;1-2(4)3(5)6;1-2/h3-8,10,15-16,20,39,41-44H,1-2,9,11-14H2,(H,33,38)(H,34,40)(H,31,32,35);4-6H,1H3;1-2H3. The number of carbonyl (C=O) groups is 2. The quantitative estimate of drug-likeness (QED) is 0.0696. The molecular weight excluding hydrogens is 696 g/mol. The summed E-state index contributed by atoms with van der Waals surface area (Å²) in [5.74, 6) is -7.90. The van der Waals surface area contributed by atoms with Gasteiger partial charge in [0, 0.05) is 43.5 Å². The summed E-state index contributed by atoms with van der Waals surface area (Å²) in [5, 5.41) is 80.3. The number of morpholine rings is 1. The average molecular weight is 741 g/mol. The molecule has 2 saturated heterocycles. The van der Waals surface area contributed by atoms with Gasteiger partial charge in [0.1, 0.15) is 42.0 Å². The fourth-order valence-corrected chi connectivity index (χ4v) is 5.77. The number of aliphatic hydroxyl groups is 7. The number of nitrogens with one attached hydrogen (secondary N) is 3. The second-order valence-corrected chi connectivity index (χ2v) is 12.1. The topological polar surface area (TPSA) is 290 Å². The molecule has 19 heteroatoms. The number of rotatable bonds is 8. The molecule has 286 valence electrons. The van der Waals surface area contributed by atoms with E-state index in [1.165, 1.54) is 13.3 Å². The highest BCUT2D eigenvalue weighted by atomic mass is 16.9. The summed E-state index contributed by atoms with van der Waals surface area (Å²) in [6.07, 6.45) is 5.41. The van der Waals surface area contributed by atoms with Gasteiger partial charge in [-0.25, -0.2) is 9.97 Å². The van der Waals surface area contributed by atoms with E-state index in [1.807, 2.05) is 19.9 Å². The van der Waals surface area contributed by atoms with E-state index in [0.29, 0.717) is 17.8 Å². The van der Waals surface area contributed by atoms with Crippen molar-refractivity contribution in [2.24, 2.45) is 0 Å². The lowest BCUT2D eigenvalue weighted by Gasteiger charge is -2.42. The molecule has 2 aliphatic heterocycles. The van der Waals surface area contributed by atoms with Crippen molar-refractivity contribution in [3.05, 3.63) is 71.9 Å². The van der Waals surface area contributed by atoms with Crippen LogP contribution in [0.15, 0.2) is 60.6 Å². The van der Waals surface area contributed by atoms with E-state index >= 15 is 0 Å². The SMILES string of the molecule is CC.CC(O)=C(O)O.O=CNC1CCCN(Cc2ccnc(C(=O)Nc3ccc(-c4[nH]c5ncnc(N6CC(O)(O)OC(O)(O)C6)c5c4O)cc3)c2)C1. The Hall–Kier alpha value is -5.57. The van der Waals surface area contributed by atoms with Crippen LogP contribution < -0.4 is 15.5 Å². The first-order valence-electron chi connectivity index (χ1n) is 16.6. The Morgan fingerprint density at radius 2 is 1.70 bits per heavy atom. The zero-order valence-corrected chi connectivity index (χ0v) is 29.3. The minimum absolute atomic E-state index is 0.0135. The minimum Gasteiger partial charge on any atom is -0.506 e. The molecule has 53 heavy (non-hydrogen) atoms. The third kappa shape index (κ3) is 10.5. The first-order valence-corrected chi connectivity index (χ1v) is 16.6. The second kappa shape index (κ2) is 17.3. The molecule has 4 aromatic rings. The molecule has 0 radical (unpaired) electrons. The molecule has 2 aliphatic rings. The first-order chi connectivity index (χ1) is 25.1. The molecule has 1 atom stereocenters. The lowest BCUT2D eigenvalue weighted by Crippen LogP contribution is -2.62. The number of amides is 2. The number of piperidine rings is 1. The maximum atomic E-state index is 13.0. The van der Waals surface area contributed by atoms with Gasteiger partial charge < -0.3 is 61.4 Å². The van der Waals surface area contributed by atoms with E-state index in [1.54, 1.807) is 36.5 Å². The van der Waals surface area contributed by atoms with Gasteiger partial charge in [0.15, 0.2) is 11.5 Å². The number of pyridine rings is 1. The largest absolute Gasteiger partial charge is 0.506 e. The highest BCUT2D eigenvalue weighted by Crippen LogP contribution is 2.41. The molecule has 1 unspecified atom stereocenters. The van der Waals surface area contributed by atoms with Crippen molar-refractivity contribution >= 4 is 34.9 Å². The minimum atomic E-state index is -2.89. The predicted octanol–water partition coefficient (Wildman–Crippen LogP) is 1.68. The summed E-state index contributed by atoms with van der Waals surface area (Å²) in [4.78, 5) is 42.7. The third-order valence-electron chi connectivity index (χ3n) is 7.99. The van der Waals surface area contributed by atoms with E-state index in [4.69, 9.17) is 15.3 Å². The first kappa shape index (κ1) is 40.2. The number of anilines is 2. The van der Waals surface area contributed by atoms with Crippen LogP contribution in [0.2, 0.25) is 0 Å². The molecule has 5 heterocycles. The van der Waals surface area contributed by atoms with Gasteiger partial charge >= 0.3 is 17.9 Å². The van der Waals surface area contributed by atoms with Crippen molar-refractivity contribution in [1.29, 1.82) is 0 Å². The zero-order valence-electron chi connectivity index (χ0n) is 29.3. The molecule has 19 nitrogen and oxygen atoms in total. The Morgan fingerprint density at radius 1 is 1.04 bits per heavy atom. The summed E-state index contributed by atoms with van der Waals surface area (Å²) < 4.78 is 4.46. The second-order valence-electron chi connectivity index (χ2n) is 12.1. The maximum Gasteiger partial charge on any atom is 0.313 e. The smallest absolute Gasteiger partial charge is 0.313 e. The number of aliphatic hydroxyl groups excluding tert-OH is 2. The van der Waals surface area contributed by atoms with Crippen LogP contribution in [-0.4, -0.2) is 122 Å². The molecule has 1 aromatic carbocycles. The molecule has 2 amide bonds. The Kier molecular flexibility index (Phi) is 13.1. The number of β-amino-alcohol motifs (C(OH)–C–C–N with tert-alkyl or cyclic N) is 4. The van der Waals surface area contributed by atoms with E-state index in [0.717, 1.165) is 42.8 Å². The number of carbonyl (C=O) groups excluding carboxylic acids is 2. The number of nitrogens with zero attached hydrogens (tertiary/aromatic N) is 5. The Bertz CT molecular complexity index is 1870. The van der Waals surface area contributed by atoms with Crippen LogP contribution in [0.4, 0.5) is 11.5 Å². The van der Waals surface area contributed by atoms with Gasteiger partial charge in [-0.1, -0.05) is 26.0 Å². The van der Waals surface area contributed by atoms with E-state index in [2.05, 4.69) is 40.2 Å². The fourth-order valence-electron chi connectivity index (χ4n) is 5.77. The van der Waals surface area contributed by atoms with Crippen LogP contribution in [-0.2, 0) is 16.1 Å². The number of benzene rings is 1. The van der Waals surface area contributed by atoms with Crippen molar-refractivity contribution in [2.45, 2.75) is 58.1 Å². The number of aromatic amines is 1. The van der Waals surface area contributed by atoms with Gasteiger partial charge in [-0.15, -0.1) is 0 Å². The Morgan fingerprint density at radius 3 is 2.32 bits per heavy atom. The summed E-state index contributed by atoms with van der Waals surface area (Å²) in [6, 6.07) is 10.4. The van der Waals surface area contributed by atoms with Gasteiger partial charge in [-0.2, -0.15) is 0 Å². The van der Waals surface area contributed by atoms with Crippen molar-refractivity contribution in [1.82, 2.24) is 30.2 Å². The van der Waals surface area contributed by atoms with Gasteiger partial charge in [0.2, 0.25) is 6.41 Å². The van der Waals surface area contributed by atoms with Crippen LogP contribution in [0, 0.1) is 0 Å². The molecular formula is C34H44N8O11. The number of aromatic hydroxyl groups is 1. The van der Waals surface area contributed by atoms with E-state index in [-0.39, 0.29) is 40.0 Å². The Balaban J connectivity index is 0.000000714. The highest BCUT2D eigenvalue weighted by Gasteiger charge is 2.46. The fraction of sp³-hybridized carbons (Fsp3) is 0.382. The highest BCUT2D eigenvalue weighted by molar-refractivity contribution is 6.03. The number of hydrogen-bond acceptors (Lipinski definition) is 16. The number of allylic oxidation sites excluding steroid dienone is 1. The van der Waals surface area contributed by atoms with Crippen molar-refractivity contribution < 1.29 is 55.2 Å². The van der Waals surface area contributed by atoms with Crippen molar-refractivity contribution in [3.63, 3.8) is 0 Å². The molecule has 6 rings (SSSR count). The van der Waals surface area contributed by atoms with Crippen LogP contribution in [0.1, 0.15) is 49.7 Å². The van der Waals surface area contributed by atoms with Gasteiger partial charge in [-0.05, 0) is 49.2 Å². The van der Waals surface area contributed by atoms with Gasteiger partial charge in [0.25, 0.3) is 5.91 Å². The van der Waals surface area contributed by atoms with Crippen molar-refractivity contribution in [2.75, 3.05) is 36.4 Å². The number of ether oxygens (including phenoxy) is 1. The molecule has 11 N–H and O–H groups in total. The number of aromatic nitrogens is 4. The number of H-pyrrole nitrogens is 1. The zero-order chi connectivity index (χ0) is 38.9. The predicted molar refractivity (Wildman–Crippen MR) is 190 cm³/mol. The third-order valence-corrected chi connectivity index (χ3v) is 7.99. The van der Waals surface area contributed by atoms with Gasteiger partial charge in [0.05, 0.1) is 5.69 Å². The number of likely N-dealkylation sites (tertiary alicyclic amines) is 1. The summed E-state index contributed by atoms with van der Waals surface area (Å²) >= 11 is 0. The van der Waals surface area contributed by atoms with Crippen LogP contribution in [0.25, 0.3) is 22.3 Å². The summed E-state index contributed by atoms with van der Waals surface area (Å²) in [5.41, 5.74) is 2.70. The van der Waals surface area contributed by atoms with Crippen LogP contribution in [0.5, 0.6) is 5.75 Å². The molecule has 0 aliphatic carbocycles. The van der Waals surface area contributed by atoms with Crippen molar-refractivity contribution in [3.8, 4) is 17.0 Å². The normalized spacial score (nSPS) is 17.7. The van der Waals surface area contributed by atoms with Gasteiger partial charge in [-0.3, -0.25) is 24.2 Å². The van der Waals surface area contributed by atoms with E-state index < -0.39 is 42.6 Å². The molecule has 3 aromatic heterocycles. The molecule has 0 spiro atoms. The van der Waals surface area contributed by atoms with Crippen LogP contribution in [0.3, 0.4) is 0 Å². The number of fused-ring (bicyclic) bond motifs is 1. The monoisotopic (exact) mass is 740 g/mol. The average Bonchev–Trinajstić information content (AvgIpc) is 3.45. The lowest BCUT2D eigenvalue weighted by molar-refractivity contribution is -0.474. The molecule has 2 fully saturated rings. The summed E-state index contributed by atoms with van der Waals surface area (Å²) in [7, 11) is 0. The molecule has 0 bridgehead atoms. The Labute approximate surface area is 303 Å². The number of hydrogen-bond donors (Lipinski definition) is 11. The van der Waals surface area contributed by atoms with Crippen LogP contribution >= 0.6 is 0 Å². The molecule has 0 saturated carbocycles. The lowest BCUT2D eigenvalue weighted by atomic mass is 10.1. The van der Waals surface area contributed by atoms with E-state index in [9.17, 15) is 35.1 Å². The summed E-state index contributed by atoms with van der Waals surface area (Å²) in [6.45, 7) is 6.26.